The van der Waals surface area contributed by atoms with Crippen LogP contribution < -0.4 is 20.3 Å². The lowest BCUT2D eigenvalue weighted by atomic mass is 9.95. The van der Waals surface area contributed by atoms with E-state index in [1.165, 1.54) is 0 Å². The first-order valence-electron chi connectivity index (χ1n) is 12.4. The molecule has 0 spiro atoms. The van der Waals surface area contributed by atoms with Gasteiger partial charge < -0.3 is 29.3 Å². The molecule has 1 saturated heterocycles. The second-order valence-electron chi connectivity index (χ2n) is 10.2. The molecule has 2 N–H and O–H groups in total. The van der Waals surface area contributed by atoms with E-state index in [2.05, 4.69) is 31.2 Å². The van der Waals surface area contributed by atoms with Crippen LogP contribution in [0.15, 0.2) is 83.7 Å². The van der Waals surface area contributed by atoms with Crippen LogP contribution in [0, 0.1) is 5.41 Å². The molecule has 0 aliphatic carbocycles. The number of carbonyl (C=O) groups excluding carboxylic acids is 1. The third kappa shape index (κ3) is 5.02. The summed E-state index contributed by atoms with van der Waals surface area (Å²) in [6, 6.07) is 19.2. The van der Waals surface area contributed by atoms with Gasteiger partial charge in [0.05, 0.1) is 37.3 Å². The highest BCUT2D eigenvalue weighted by atomic mass is 32.1. The molecule has 196 valence electrons. The van der Waals surface area contributed by atoms with E-state index in [-0.39, 0.29) is 18.0 Å². The predicted molar refractivity (Wildman–Crippen MR) is 151 cm³/mol. The summed E-state index contributed by atoms with van der Waals surface area (Å²) >= 11 is 5.89. The van der Waals surface area contributed by atoms with Gasteiger partial charge in [0.25, 0.3) is 0 Å². The van der Waals surface area contributed by atoms with Crippen molar-refractivity contribution in [1.82, 2.24) is 14.9 Å². The van der Waals surface area contributed by atoms with E-state index in [9.17, 15) is 4.79 Å². The van der Waals surface area contributed by atoms with Crippen molar-refractivity contribution < 1.29 is 13.9 Å². The number of aromatic nitrogens is 2. The Kier molecular flexibility index (Phi) is 6.94. The topological polar surface area (TPSA) is 84.6 Å². The molecule has 0 unspecified atom stereocenters. The molecule has 1 aromatic carbocycles. The number of pyridine rings is 1. The van der Waals surface area contributed by atoms with Gasteiger partial charge in [0, 0.05) is 35.3 Å². The molecular formula is C29H31N5O3S. The molecule has 0 saturated carbocycles. The SMILES string of the molecule is COc1cc(N2C(=S)N[C@@H](c3ccccn3)[C@H]2c2cccn2Cc2ccco2)ccc1NC(=O)C(C)(C)C. The van der Waals surface area contributed by atoms with Crippen LogP contribution in [0.2, 0.25) is 0 Å². The van der Waals surface area contributed by atoms with Gasteiger partial charge in [-0.3, -0.25) is 9.78 Å². The molecule has 1 aliphatic heterocycles. The summed E-state index contributed by atoms with van der Waals surface area (Å²) in [6.45, 7) is 6.20. The van der Waals surface area contributed by atoms with Crippen molar-refractivity contribution in [2.24, 2.45) is 5.41 Å². The van der Waals surface area contributed by atoms with Crippen LogP contribution in [0.3, 0.4) is 0 Å². The monoisotopic (exact) mass is 529 g/mol. The van der Waals surface area contributed by atoms with E-state index in [1.807, 2.05) is 81.6 Å². The maximum Gasteiger partial charge on any atom is 0.229 e. The molecule has 2 atom stereocenters. The second kappa shape index (κ2) is 10.3. The van der Waals surface area contributed by atoms with E-state index in [1.54, 1.807) is 19.6 Å². The number of anilines is 2. The van der Waals surface area contributed by atoms with Crippen molar-refractivity contribution in [1.29, 1.82) is 0 Å². The molecule has 4 aromatic rings. The van der Waals surface area contributed by atoms with Gasteiger partial charge >= 0.3 is 0 Å². The molecule has 9 heteroatoms. The number of methoxy groups -OCH3 is 1. The molecule has 8 nitrogen and oxygen atoms in total. The number of benzene rings is 1. The zero-order chi connectivity index (χ0) is 26.9. The fraction of sp³-hybridized carbons (Fsp3) is 0.276. The standard InChI is InChI=1S/C29H31N5O3S/c1-29(2,3)27(35)31-21-13-12-19(17-24(21)36-4)34-26(25(32-28(34)38)22-10-5-6-14-30-22)23-11-7-15-33(23)18-20-9-8-16-37-20/h5-17,25-26H,18H2,1-4H3,(H,31,35)(H,32,38)/t25-,26+/m0/s1. The Hall–Kier alpha value is -4.11. The average Bonchev–Trinajstić information content (AvgIpc) is 3.65. The Morgan fingerprint density at radius 3 is 2.68 bits per heavy atom. The van der Waals surface area contributed by atoms with Gasteiger partial charge in [-0.25, -0.2) is 0 Å². The minimum Gasteiger partial charge on any atom is -0.494 e. The quantitative estimate of drug-likeness (QED) is 0.297. The van der Waals surface area contributed by atoms with Gasteiger partial charge in [0.1, 0.15) is 17.6 Å². The Bertz CT molecular complexity index is 1430. The van der Waals surface area contributed by atoms with Crippen molar-refractivity contribution in [2.45, 2.75) is 39.4 Å². The third-order valence-electron chi connectivity index (χ3n) is 6.56. The summed E-state index contributed by atoms with van der Waals surface area (Å²) < 4.78 is 13.5. The molecule has 0 radical (unpaired) electrons. The minimum atomic E-state index is -0.537. The summed E-state index contributed by atoms with van der Waals surface area (Å²) in [6.07, 6.45) is 5.51. The van der Waals surface area contributed by atoms with E-state index in [4.69, 9.17) is 21.4 Å². The molecule has 4 heterocycles. The van der Waals surface area contributed by atoms with Crippen molar-refractivity contribution >= 4 is 34.6 Å². The van der Waals surface area contributed by atoms with Gasteiger partial charge in [-0.2, -0.15) is 0 Å². The molecule has 0 bridgehead atoms. The highest BCUT2D eigenvalue weighted by Gasteiger charge is 2.42. The van der Waals surface area contributed by atoms with E-state index >= 15 is 0 Å². The molecule has 3 aromatic heterocycles. The first-order chi connectivity index (χ1) is 18.3. The predicted octanol–water partition coefficient (Wildman–Crippen LogP) is 5.69. The van der Waals surface area contributed by atoms with Gasteiger partial charge in [-0.15, -0.1) is 0 Å². The first-order valence-corrected chi connectivity index (χ1v) is 12.8. The number of rotatable bonds is 7. The van der Waals surface area contributed by atoms with Gasteiger partial charge in [-0.1, -0.05) is 26.8 Å². The Morgan fingerprint density at radius 1 is 1.16 bits per heavy atom. The molecular weight excluding hydrogens is 498 g/mol. The second-order valence-corrected chi connectivity index (χ2v) is 10.6. The highest BCUT2D eigenvalue weighted by Crippen LogP contribution is 2.43. The fourth-order valence-corrected chi connectivity index (χ4v) is 4.93. The Morgan fingerprint density at radius 2 is 2.00 bits per heavy atom. The number of furan rings is 1. The molecule has 38 heavy (non-hydrogen) atoms. The Labute approximate surface area is 227 Å². The Balaban J connectivity index is 1.56. The lowest BCUT2D eigenvalue weighted by Crippen LogP contribution is -2.31. The van der Waals surface area contributed by atoms with Crippen LogP contribution in [0.4, 0.5) is 11.4 Å². The van der Waals surface area contributed by atoms with E-state index < -0.39 is 5.41 Å². The smallest absolute Gasteiger partial charge is 0.229 e. The van der Waals surface area contributed by atoms with Crippen LogP contribution in [0.5, 0.6) is 5.75 Å². The minimum absolute atomic E-state index is 0.0919. The summed E-state index contributed by atoms with van der Waals surface area (Å²) in [5.41, 5.74) is 2.84. The fourth-order valence-electron chi connectivity index (χ4n) is 4.59. The van der Waals surface area contributed by atoms with Crippen molar-refractivity contribution in [3.63, 3.8) is 0 Å². The van der Waals surface area contributed by atoms with Gasteiger partial charge in [0.15, 0.2) is 5.11 Å². The van der Waals surface area contributed by atoms with Crippen LogP contribution >= 0.6 is 12.2 Å². The average molecular weight is 530 g/mol. The molecule has 1 fully saturated rings. The van der Waals surface area contributed by atoms with Gasteiger partial charge in [-0.05, 0) is 60.7 Å². The number of hydrogen-bond donors (Lipinski definition) is 2. The largest absolute Gasteiger partial charge is 0.494 e. The number of nitrogens with zero attached hydrogens (tertiary/aromatic N) is 3. The van der Waals surface area contributed by atoms with Crippen LogP contribution in [0.25, 0.3) is 0 Å². The summed E-state index contributed by atoms with van der Waals surface area (Å²) in [7, 11) is 1.59. The molecule has 1 aliphatic rings. The number of hydrogen-bond acceptors (Lipinski definition) is 5. The highest BCUT2D eigenvalue weighted by molar-refractivity contribution is 7.80. The summed E-state index contributed by atoms with van der Waals surface area (Å²) in [4.78, 5) is 19.4. The van der Waals surface area contributed by atoms with Crippen LogP contribution in [-0.4, -0.2) is 27.7 Å². The lowest BCUT2D eigenvalue weighted by Gasteiger charge is -2.29. The van der Waals surface area contributed by atoms with Crippen molar-refractivity contribution in [3.8, 4) is 5.75 Å². The lowest BCUT2D eigenvalue weighted by molar-refractivity contribution is -0.123. The maximum atomic E-state index is 12.6. The molecule has 1 amide bonds. The third-order valence-corrected chi connectivity index (χ3v) is 6.88. The van der Waals surface area contributed by atoms with Crippen LogP contribution in [0.1, 0.15) is 50.0 Å². The van der Waals surface area contributed by atoms with Crippen LogP contribution in [-0.2, 0) is 11.3 Å². The first kappa shape index (κ1) is 25.5. The number of ether oxygens (including phenoxy) is 1. The van der Waals surface area contributed by atoms with E-state index in [0.29, 0.717) is 23.1 Å². The zero-order valence-corrected chi connectivity index (χ0v) is 22.7. The van der Waals surface area contributed by atoms with Crippen molar-refractivity contribution in [3.05, 3.63) is 96.5 Å². The zero-order valence-electron chi connectivity index (χ0n) is 21.8. The number of thiocarbonyl (C=S) groups is 1. The van der Waals surface area contributed by atoms with E-state index in [0.717, 1.165) is 22.8 Å². The molecule has 5 rings (SSSR count). The summed E-state index contributed by atoms with van der Waals surface area (Å²) in [5.74, 6) is 1.32. The number of carbonyl (C=O) groups is 1. The van der Waals surface area contributed by atoms with Gasteiger partial charge in [0.2, 0.25) is 5.91 Å². The summed E-state index contributed by atoms with van der Waals surface area (Å²) in [5, 5.41) is 7.05. The normalized spacial score (nSPS) is 17.4. The maximum absolute atomic E-state index is 12.6. The number of amides is 1. The number of nitrogens with one attached hydrogen (secondary N) is 2. The van der Waals surface area contributed by atoms with Crippen molar-refractivity contribution in [2.75, 3.05) is 17.3 Å².